The highest BCUT2D eigenvalue weighted by molar-refractivity contribution is 6.30. The summed E-state index contributed by atoms with van der Waals surface area (Å²) in [5.74, 6) is -0.222. The lowest BCUT2D eigenvalue weighted by Gasteiger charge is -2.16. The zero-order valence-corrected chi connectivity index (χ0v) is 10.6. The fraction of sp³-hybridized carbons (Fsp3) is 0.462. The van der Waals surface area contributed by atoms with Crippen molar-refractivity contribution in [3.05, 3.63) is 34.6 Å². The number of Topliss-reactive ketones (excluding diaryl/α,β-unsaturated/α-hetero) is 1. The molecule has 0 heterocycles. The second-order valence-electron chi connectivity index (χ2n) is 4.92. The van der Waals surface area contributed by atoms with E-state index in [1.807, 2.05) is 20.8 Å². The first-order valence-electron chi connectivity index (χ1n) is 5.28. The minimum Gasteiger partial charge on any atom is -0.299 e. The fourth-order valence-electron chi connectivity index (χ4n) is 1.33. The van der Waals surface area contributed by atoms with Gasteiger partial charge in [-0.1, -0.05) is 38.4 Å². The van der Waals surface area contributed by atoms with Crippen LogP contribution in [-0.2, 0) is 11.2 Å². The average Bonchev–Trinajstić information content (AvgIpc) is 2.18. The average molecular weight is 243 g/mol. The van der Waals surface area contributed by atoms with Gasteiger partial charge in [0.15, 0.2) is 0 Å². The molecule has 1 rings (SSSR count). The van der Waals surface area contributed by atoms with Gasteiger partial charge >= 0.3 is 0 Å². The van der Waals surface area contributed by atoms with Crippen LogP contribution in [0.25, 0.3) is 0 Å². The van der Waals surface area contributed by atoms with Crippen LogP contribution in [0.4, 0.5) is 4.39 Å². The van der Waals surface area contributed by atoms with Crippen LogP contribution in [0.3, 0.4) is 0 Å². The SMILES string of the molecule is CC(C)(C)C(=O)CCc1ccc(F)c(Cl)c1. The summed E-state index contributed by atoms with van der Waals surface area (Å²) in [6.07, 6.45) is 1.07. The van der Waals surface area contributed by atoms with Crippen LogP contribution < -0.4 is 0 Å². The zero-order chi connectivity index (χ0) is 12.3. The molecule has 1 aromatic rings. The number of aryl methyl sites for hydroxylation is 1. The van der Waals surface area contributed by atoms with Crippen molar-refractivity contribution >= 4 is 17.4 Å². The first-order valence-corrected chi connectivity index (χ1v) is 5.66. The van der Waals surface area contributed by atoms with E-state index in [9.17, 15) is 9.18 Å². The summed E-state index contributed by atoms with van der Waals surface area (Å²) < 4.78 is 12.9. The van der Waals surface area contributed by atoms with Crippen molar-refractivity contribution in [3.63, 3.8) is 0 Å². The number of carbonyl (C=O) groups excluding carboxylic acids is 1. The molecule has 0 bridgehead atoms. The Morgan fingerprint density at radius 1 is 1.38 bits per heavy atom. The Hall–Kier alpha value is -0.890. The molecule has 0 aromatic heterocycles. The molecule has 0 saturated heterocycles. The summed E-state index contributed by atoms with van der Waals surface area (Å²) in [4.78, 5) is 11.7. The molecule has 88 valence electrons. The van der Waals surface area contributed by atoms with E-state index < -0.39 is 5.82 Å². The van der Waals surface area contributed by atoms with Crippen LogP contribution in [0.15, 0.2) is 18.2 Å². The van der Waals surface area contributed by atoms with Gasteiger partial charge in [-0.05, 0) is 24.1 Å². The van der Waals surface area contributed by atoms with Gasteiger partial charge in [0.05, 0.1) is 5.02 Å². The summed E-state index contributed by atoms with van der Waals surface area (Å²) in [6, 6.07) is 4.57. The fourth-order valence-corrected chi connectivity index (χ4v) is 1.53. The van der Waals surface area contributed by atoms with E-state index in [2.05, 4.69) is 0 Å². The highest BCUT2D eigenvalue weighted by Gasteiger charge is 2.20. The first-order chi connectivity index (χ1) is 7.30. The van der Waals surface area contributed by atoms with Gasteiger partial charge in [0, 0.05) is 11.8 Å². The Bertz CT molecular complexity index is 393. The lowest BCUT2D eigenvalue weighted by Crippen LogP contribution is -2.20. The van der Waals surface area contributed by atoms with E-state index in [0.29, 0.717) is 12.8 Å². The number of halogens is 2. The summed E-state index contributed by atoms with van der Waals surface area (Å²) in [6.45, 7) is 5.69. The van der Waals surface area contributed by atoms with Gasteiger partial charge in [-0.3, -0.25) is 4.79 Å². The van der Waals surface area contributed by atoms with Crippen LogP contribution in [0.2, 0.25) is 5.02 Å². The van der Waals surface area contributed by atoms with Crippen LogP contribution in [-0.4, -0.2) is 5.78 Å². The Kier molecular flexibility index (Phi) is 4.09. The van der Waals surface area contributed by atoms with Crippen molar-refractivity contribution in [2.45, 2.75) is 33.6 Å². The molecule has 1 nitrogen and oxygen atoms in total. The zero-order valence-electron chi connectivity index (χ0n) is 9.81. The third-order valence-corrected chi connectivity index (χ3v) is 2.75. The van der Waals surface area contributed by atoms with Gasteiger partial charge in [-0.25, -0.2) is 4.39 Å². The Labute approximate surface area is 101 Å². The van der Waals surface area contributed by atoms with Crippen molar-refractivity contribution in [2.24, 2.45) is 5.41 Å². The van der Waals surface area contributed by atoms with Gasteiger partial charge < -0.3 is 0 Å². The first kappa shape index (κ1) is 13.2. The Morgan fingerprint density at radius 2 is 2.00 bits per heavy atom. The van der Waals surface area contributed by atoms with Crippen molar-refractivity contribution in [2.75, 3.05) is 0 Å². The second-order valence-corrected chi connectivity index (χ2v) is 5.33. The van der Waals surface area contributed by atoms with Gasteiger partial charge in [0.25, 0.3) is 0 Å². The van der Waals surface area contributed by atoms with Crippen molar-refractivity contribution < 1.29 is 9.18 Å². The smallest absolute Gasteiger partial charge is 0.141 e. The number of hydrogen-bond donors (Lipinski definition) is 0. The number of carbonyl (C=O) groups is 1. The molecule has 0 amide bonds. The molecule has 0 unspecified atom stereocenters. The Morgan fingerprint density at radius 3 is 2.50 bits per heavy atom. The largest absolute Gasteiger partial charge is 0.299 e. The Balaban J connectivity index is 2.62. The maximum absolute atomic E-state index is 12.9. The predicted molar refractivity (Wildman–Crippen MR) is 64.2 cm³/mol. The van der Waals surface area contributed by atoms with Crippen LogP contribution >= 0.6 is 11.6 Å². The van der Waals surface area contributed by atoms with E-state index in [0.717, 1.165) is 5.56 Å². The molecule has 0 atom stereocenters. The quantitative estimate of drug-likeness (QED) is 0.782. The second kappa shape index (κ2) is 4.96. The highest BCUT2D eigenvalue weighted by Crippen LogP contribution is 2.20. The third-order valence-electron chi connectivity index (χ3n) is 2.46. The summed E-state index contributed by atoms with van der Waals surface area (Å²) in [7, 11) is 0. The molecule has 0 aliphatic heterocycles. The van der Waals surface area contributed by atoms with Crippen molar-refractivity contribution in [1.82, 2.24) is 0 Å². The van der Waals surface area contributed by atoms with Crippen LogP contribution in [0, 0.1) is 11.2 Å². The normalized spacial score (nSPS) is 11.6. The minimum absolute atomic E-state index is 0.112. The molecular weight excluding hydrogens is 227 g/mol. The molecule has 16 heavy (non-hydrogen) atoms. The lowest BCUT2D eigenvalue weighted by molar-refractivity contribution is -0.126. The van der Waals surface area contributed by atoms with Crippen molar-refractivity contribution in [3.8, 4) is 0 Å². The third kappa shape index (κ3) is 3.60. The molecular formula is C13H16ClFO. The molecule has 1 aromatic carbocycles. The van der Waals surface area contributed by atoms with E-state index in [1.54, 1.807) is 12.1 Å². The maximum atomic E-state index is 12.9. The summed E-state index contributed by atoms with van der Waals surface area (Å²) >= 11 is 5.66. The topological polar surface area (TPSA) is 17.1 Å². The predicted octanol–water partition coefficient (Wildman–Crippen LogP) is 4.03. The van der Waals surface area contributed by atoms with Gasteiger partial charge in [0.2, 0.25) is 0 Å². The number of hydrogen-bond acceptors (Lipinski definition) is 1. The molecule has 0 radical (unpaired) electrons. The van der Waals surface area contributed by atoms with E-state index in [4.69, 9.17) is 11.6 Å². The van der Waals surface area contributed by atoms with E-state index >= 15 is 0 Å². The summed E-state index contributed by atoms with van der Waals surface area (Å²) in [5.41, 5.74) is 0.577. The van der Waals surface area contributed by atoms with E-state index in [-0.39, 0.29) is 16.2 Å². The maximum Gasteiger partial charge on any atom is 0.141 e. The molecule has 0 N–H and O–H groups in total. The van der Waals surface area contributed by atoms with Gasteiger partial charge in [0.1, 0.15) is 11.6 Å². The van der Waals surface area contributed by atoms with Gasteiger partial charge in [-0.15, -0.1) is 0 Å². The van der Waals surface area contributed by atoms with Crippen LogP contribution in [0.1, 0.15) is 32.8 Å². The minimum atomic E-state index is -0.424. The van der Waals surface area contributed by atoms with Gasteiger partial charge in [-0.2, -0.15) is 0 Å². The lowest BCUT2D eigenvalue weighted by atomic mass is 9.87. The molecule has 3 heteroatoms. The number of ketones is 1. The molecule has 0 aliphatic carbocycles. The highest BCUT2D eigenvalue weighted by atomic mass is 35.5. The standard InChI is InChI=1S/C13H16ClFO/c1-13(2,3)12(16)7-5-9-4-6-11(15)10(14)8-9/h4,6,8H,5,7H2,1-3H3. The molecule has 0 saturated carbocycles. The number of rotatable bonds is 3. The molecule has 0 fully saturated rings. The molecule has 0 aliphatic rings. The number of benzene rings is 1. The van der Waals surface area contributed by atoms with Crippen LogP contribution in [0.5, 0.6) is 0 Å². The summed E-state index contributed by atoms with van der Waals surface area (Å²) in [5, 5.41) is 0.112. The van der Waals surface area contributed by atoms with Crippen molar-refractivity contribution in [1.29, 1.82) is 0 Å². The van der Waals surface area contributed by atoms with E-state index in [1.165, 1.54) is 6.07 Å². The molecule has 0 spiro atoms. The monoisotopic (exact) mass is 242 g/mol.